The first-order valence-electron chi connectivity index (χ1n) is 12.2. The molecule has 0 radical (unpaired) electrons. The number of aliphatic carboxylic acids is 1. The lowest BCUT2D eigenvalue weighted by molar-refractivity contribution is -0.147. The molecule has 0 saturated heterocycles. The fourth-order valence-corrected chi connectivity index (χ4v) is 4.37. The molecule has 172 valence electrons. The standard InChI is InChI=1S/C28H48O2/c1-21-20-22(2)24(16-12-9-10-14-18-27(4,5)6)25(23(21)3)17-13-11-15-19-28(7,8)26(29)30/h20H,9-19H2,1-8H3,(H,29,30). The van der Waals surface area contributed by atoms with Gasteiger partial charge in [-0.25, -0.2) is 0 Å². The Kier molecular flexibility index (Phi) is 10.6. The molecule has 2 nitrogen and oxygen atoms in total. The van der Waals surface area contributed by atoms with Gasteiger partial charge in [0.2, 0.25) is 0 Å². The number of carbonyl (C=O) groups is 1. The number of benzene rings is 1. The predicted octanol–water partition coefficient (Wildman–Crippen LogP) is 8.36. The van der Waals surface area contributed by atoms with Crippen LogP contribution in [0.5, 0.6) is 0 Å². The molecule has 1 N–H and O–H groups in total. The van der Waals surface area contributed by atoms with Gasteiger partial charge in [-0.1, -0.05) is 58.9 Å². The zero-order valence-corrected chi connectivity index (χ0v) is 21.2. The van der Waals surface area contributed by atoms with Gasteiger partial charge in [-0.15, -0.1) is 0 Å². The van der Waals surface area contributed by atoms with E-state index < -0.39 is 11.4 Å². The summed E-state index contributed by atoms with van der Waals surface area (Å²) in [6, 6.07) is 2.36. The Hall–Kier alpha value is -1.31. The molecular formula is C28H48O2. The van der Waals surface area contributed by atoms with Crippen LogP contribution >= 0.6 is 0 Å². The van der Waals surface area contributed by atoms with Gasteiger partial charge in [-0.3, -0.25) is 4.79 Å². The maximum absolute atomic E-state index is 11.3. The van der Waals surface area contributed by atoms with E-state index in [1.807, 2.05) is 13.8 Å². The third kappa shape index (κ3) is 9.23. The van der Waals surface area contributed by atoms with Crippen LogP contribution in [-0.2, 0) is 17.6 Å². The monoisotopic (exact) mass is 416 g/mol. The maximum atomic E-state index is 11.3. The van der Waals surface area contributed by atoms with E-state index in [-0.39, 0.29) is 0 Å². The Balaban J connectivity index is 2.60. The third-order valence-corrected chi connectivity index (χ3v) is 6.73. The molecule has 0 aromatic heterocycles. The van der Waals surface area contributed by atoms with Gasteiger partial charge >= 0.3 is 5.97 Å². The summed E-state index contributed by atoms with van der Waals surface area (Å²) in [4.78, 5) is 11.3. The van der Waals surface area contributed by atoms with Crippen LogP contribution in [0.25, 0.3) is 0 Å². The Morgan fingerprint density at radius 1 is 0.733 bits per heavy atom. The van der Waals surface area contributed by atoms with Gasteiger partial charge in [0.15, 0.2) is 0 Å². The average molecular weight is 417 g/mol. The van der Waals surface area contributed by atoms with Crippen molar-refractivity contribution < 1.29 is 9.90 Å². The minimum atomic E-state index is -0.683. The van der Waals surface area contributed by atoms with E-state index in [2.05, 4.69) is 47.6 Å². The summed E-state index contributed by atoms with van der Waals surface area (Å²) >= 11 is 0. The molecule has 1 aromatic carbocycles. The van der Waals surface area contributed by atoms with Gasteiger partial charge in [0.05, 0.1) is 5.41 Å². The molecule has 0 aliphatic heterocycles. The molecule has 0 unspecified atom stereocenters. The van der Waals surface area contributed by atoms with Crippen molar-refractivity contribution in [1.29, 1.82) is 0 Å². The van der Waals surface area contributed by atoms with E-state index in [1.165, 1.54) is 55.2 Å². The smallest absolute Gasteiger partial charge is 0.309 e. The van der Waals surface area contributed by atoms with E-state index in [0.717, 1.165) is 32.1 Å². The lowest BCUT2D eigenvalue weighted by Gasteiger charge is -2.20. The molecule has 2 heteroatoms. The highest BCUT2D eigenvalue weighted by molar-refractivity contribution is 5.73. The Labute approximate surface area is 186 Å². The van der Waals surface area contributed by atoms with Gasteiger partial charge in [0, 0.05) is 0 Å². The van der Waals surface area contributed by atoms with E-state index in [0.29, 0.717) is 5.41 Å². The van der Waals surface area contributed by atoms with Gasteiger partial charge < -0.3 is 5.11 Å². The van der Waals surface area contributed by atoms with Crippen LogP contribution in [-0.4, -0.2) is 11.1 Å². The topological polar surface area (TPSA) is 37.3 Å². The third-order valence-electron chi connectivity index (χ3n) is 6.73. The van der Waals surface area contributed by atoms with Crippen LogP contribution in [0.2, 0.25) is 0 Å². The van der Waals surface area contributed by atoms with Crippen molar-refractivity contribution in [2.75, 3.05) is 0 Å². The summed E-state index contributed by atoms with van der Waals surface area (Å²) in [5, 5.41) is 9.29. The van der Waals surface area contributed by atoms with Crippen LogP contribution in [0.4, 0.5) is 0 Å². The van der Waals surface area contributed by atoms with Crippen molar-refractivity contribution in [3.05, 3.63) is 33.9 Å². The summed E-state index contributed by atoms with van der Waals surface area (Å²) in [6.07, 6.45) is 12.9. The normalized spacial score (nSPS) is 12.4. The first-order chi connectivity index (χ1) is 13.8. The molecular weight excluding hydrogens is 368 g/mol. The molecule has 0 heterocycles. The minimum Gasteiger partial charge on any atom is -0.481 e. The van der Waals surface area contributed by atoms with E-state index in [4.69, 9.17) is 0 Å². The molecule has 0 amide bonds. The van der Waals surface area contributed by atoms with Crippen LogP contribution in [0, 0.1) is 31.6 Å². The van der Waals surface area contributed by atoms with Crippen molar-refractivity contribution in [2.24, 2.45) is 10.8 Å². The summed E-state index contributed by atoms with van der Waals surface area (Å²) in [5.41, 5.74) is 7.33. The van der Waals surface area contributed by atoms with E-state index in [9.17, 15) is 9.90 Å². The lowest BCUT2D eigenvalue weighted by atomic mass is 9.85. The molecule has 0 saturated carbocycles. The second-order valence-corrected chi connectivity index (χ2v) is 11.3. The second kappa shape index (κ2) is 11.9. The Bertz CT molecular complexity index is 677. The van der Waals surface area contributed by atoms with Crippen molar-refractivity contribution in [3.63, 3.8) is 0 Å². The number of hydrogen-bond donors (Lipinski definition) is 1. The fourth-order valence-electron chi connectivity index (χ4n) is 4.37. The maximum Gasteiger partial charge on any atom is 0.309 e. The van der Waals surface area contributed by atoms with Crippen LogP contribution in [0.3, 0.4) is 0 Å². The predicted molar refractivity (Wildman–Crippen MR) is 130 cm³/mol. The number of unbranched alkanes of at least 4 members (excludes halogenated alkanes) is 5. The summed E-state index contributed by atoms with van der Waals surface area (Å²) in [6.45, 7) is 17.5. The molecule has 0 fully saturated rings. The number of hydrogen-bond acceptors (Lipinski definition) is 1. The quantitative estimate of drug-likeness (QED) is 0.328. The highest BCUT2D eigenvalue weighted by Crippen LogP contribution is 2.28. The average Bonchev–Trinajstić information content (AvgIpc) is 2.62. The lowest BCUT2D eigenvalue weighted by Crippen LogP contribution is -2.23. The molecule has 0 spiro atoms. The van der Waals surface area contributed by atoms with Crippen LogP contribution in [0.15, 0.2) is 6.07 Å². The van der Waals surface area contributed by atoms with Crippen LogP contribution in [0.1, 0.15) is 120 Å². The molecule has 1 aromatic rings. The molecule has 30 heavy (non-hydrogen) atoms. The Morgan fingerprint density at radius 2 is 1.23 bits per heavy atom. The fraction of sp³-hybridized carbons (Fsp3) is 0.750. The Morgan fingerprint density at radius 3 is 1.80 bits per heavy atom. The number of aryl methyl sites for hydroxylation is 2. The van der Waals surface area contributed by atoms with Gasteiger partial charge in [0.1, 0.15) is 0 Å². The number of carboxylic acid groups (broad SMARTS) is 1. The number of carboxylic acids is 1. The zero-order valence-electron chi connectivity index (χ0n) is 21.2. The van der Waals surface area contributed by atoms with Crippen molar-refractivity contribution in [2.45, 2.75) is 126 Å². The second-order valence-electron chi connectivity index (χ2n) is 11.3. The van der Waals surface area contributed by atoms with Crippen molar-refractivity contribution in [3.8, 4) is 0 Å². The minimum absolute atomic E-state index is 0.456. The molecule has 0 aliphatic carbocycles. The SMILES string of the molecule is Cc1cc(C)c(CCCCCCC(C)(C)C)c(CCCCCC(C)(C)C(=O)O)c1C. The van der Waals surface area contributed by atoms with E-state index >= 15 is 0 Å². The van der Waals surface area contributed by atoms with Gasteiger partial charge in [0.25, 0.3) is 0 Å². The summed E-state index contributed by atoms with van der Waals surface area (Å²) < 4.78 is 0. The van der Waals surface area contributed by atoms with Crippen molar-refractivity contribution >= 4 is 5.97 Å². The van der Waals surface area contributed by atoms with Gasteiger partial charge in [-0.2, -0.15) is 0 Å². The van der Waals surface area contributed by atoms with Crippen LogP contribution < -0.4 is 0 Å². The molecule has 0 bridgehead atoms. The molecule has 1 rings (SSSR count). The van der Waals surface area contributed by atoms with E-state index in [1.54, 1.807) is 11.1 Å². The van der Waals surface area contributed by atoms with Gasteiger partial charge in [-0.05, 0) is 106 Å². The highest BCUT2D eigenvalue weighted by atomic mass is 16.4. The first kappa shape index (κ1) is 26.7. The first-order valence-corrected chi connectivity index (χ1v) is 12.2. The van der Waals surface area contributed by atoms with Crippen molar-refractivity contribution in [1.82, 2.24) is 0 Å². The largest absolute Gasteiger partial charge is 0.481 e. The number of rotatable bonds is 13. The molecule has 0 aliphatic rings. The summed E-state index contributed by atoms with van der Waals surface area (Å²) in [7, 11) is 0. The summed E-state index contributed by atoms with van der Waals surface area (Å²) in [5.74, 6) is -0.683. The highest BCUT2D eigenvalue weighted by Gasteiger charge is 2.26. The molecule has 0 atom stereocenters. The zero-order chi connectivity index (χ0) is 22.9.